The molecule has 0 bridgehead atoms. The van der Waals surface area contributed by atoms with Gasteiger partial charge in [-0.3, -0.25) is 14.4 Å². The molecule has 114 valence electrons. The highest BCUT2D eigenvalue weighted by Crippen LogP contribution is 2.20. The number of carbonyl (C=O) groups excluding carboxylic acids is 3. The first-order valence-electron chi connectivity index (χ1n) is 5.76. The molecule has 0 heterocycles. The van der Waals surface area contributed by atoms with E-state index < -0.39 is 17.8 Å². The van der Waals surface area contributed by atoms with Crippen molar-refractivity contribution < 1.29 is 23.9 Å². The van der Waals surface area contributed by atoms with Crippen LogP contribution in [0.25, 0.3) is 0 Å². The Morgan fingerprint density at radius 2 is 1.62 bits per heavy atom. The highest BCUT2D eigenvalue weighted by molar-refractivity contribution is 9.10. The maximum atomic E-state index is 12.4. The lowest BCUT2D eigenvalue weighted by Crippen LogP contribution is -2.40. The molecule has 0 aliphatic heterocycles. The Morgan fingerprint density at radius 1 is 1.10 bits per heavy atom. The molecule has 0 fully saturated rings. The van der Waals surface area contributed by atoms with Gasteiger partial charge >= 0.3 is 11.9 Å². The predicted octanol–water partition coefficient (Wildman–Crippen LogP) is 1.89. The minimum Gasteiger partial charge on any atom is -0.468 e. The van der Waals surface area contributed by atoms with E-state index in [9.17, 15) is 14.4 Å². The quantitative estimate of drug-likeness (QED) is 0.732. The SMILES string of the molecule is COC(=O)CN(CC(=O)OC)C(=O)c1cc(Cl)cc(Br)c1. The van der Waals surface area contributed by atoms with Crippen LogP contribution in [-0.2, 0) is 19.1 Å². The van der Waals surface area contributed by atoms with E-state index in [-0.39, 0.29) is 18.7 Å². The molecule has 0 radical (unpaired) electrons. The van der Waals surface area contributed by atoms with Crippen LogP contribution < -0.4 is 0 Å². The summed E-state index contributed by atoms with van der Waals surface area (Å²) in [7, 11) is 2.39. The summed E-state index contributed by atoms with van der Waals surface area (Å²) in [6.07, 6.45) is 0. The molecule has 21 heavy (non-hydrogen) atoms. The summed E-state index contributed by atoms with van der Waals surface area (Å²) in [5.41, 5.74) is 0.238. The minimum absolute atomic E-state index is 0.238. The van der Waals surface area contributed by atoms with Crippen LogP contribution in [0.15, 0.2) is 22.7 Å². The molecule has 0 atom stereocenters. The van der Waals surface area contributed by atoms with Gasteiger partial charge in [-0.15, -0.1) is 0 Å². The van der Waals surface area contributed by atoms with Crippen LogP contribution in [-0.4, -0.2) is 50.1 Å². The number of amides is 1. The Hall–Kier alpha value is -1.60. The predicted molar refractivity (Wildman–Crippen MR) is 79.1 cm³/mol. The number of benzene rings is 1. The average molecular weight is 379 g/mol. The zero-order valence-corrected chi connectivity index (χ0v) is 13.7. The highest BCUT2D eigenvalue weighted by atomic mass is 79.9. The van der Waals surface area contributed by atoms with E-state index in [2.05, 4.69) is 25.4 Å². The fourth-order valence-electron chi connectivity index (χ4n) is 1.50. The van der Waals surface area contributed by atoms with Gasteiger partial charge in [-0.05, 0) is 18.2 Å². The smallest absolute Gasteiger partial charge is 0.325 e. The van der Waals surface area contributed by atoms with E-state index in [4.69, 9.17) is 11.6 Å². The van der Waals surface area contributed by atoms with Gasteiger partial charge in [-0.1, -0.05) is 27.5 Å². The summed E-state index contributed by atoms with van der Waals surface area (Å²) < 4.78 is 9.62. The molecule has 8 heteroatoms. The molecule has 0 saturated carbocycles. The topological polar surface area (TPSA) is 72.9 Å². The number of rotatable bonds is 5. The van der Waals surface area contributed by atoms with E-state index >= 15 is 0 Å². The van der Waals surface area contributed by atoms with Crippen molar-refractivity contribution >= 4 is 45.4 Å². The molecule has 0 spiro atoms. The molecule has 6 nitrogen and oxygen atoms in total. The van der Waals surface area contributed by atoms with E-state index in [1.165, 1.54) is 26.4 Å². The maximum Gasteiger partial charge on any atom is 0.325 e. The summed E-state index contributed by atoms with van der Waals surface area (Å²) in [4.78, 5) is 36.1. The summed E-state index contributed by atoms with van der Waals surface area (Å²) in [5, 5.41) is 0.351. The Morgan fingerprint density at radius 3 is 2.05 bits per heavy atom. The number of esters is 2. The number of halogens is 2. The number of hydrogen-bond acceptors (Lipinski definition) is 5. The van der Waals surface area contributed by atoms with Crippen LogP contribution in [0.5, 0.6) is 0 Å². The normalized spacial score (nSPS) is 9.90. The van der Waals surface area contributed by atoms with Gasteiger partial charge in [0.05, 0.1) is 14.2 Å². The van der Waals surface area contributed by atoms with Crippen molar-refractivity contribution in [3.8, 4) is 0 Å². The van der Waals surface area contributed by atoms with Gasteiger partial charge in [0.15, 0.2) is 0 Å². The van der Waals surface area contributed by atoms with Crippen LogP contribution >= 0.6 is 27.5 Å². The monoisotopic (exact) mass is 377 g/mol. The second kappa shape index (κ2) is 7.99. The summed E-state index contributed by atoms with van der Waals surface area (Å²) in [5.74, 6) is -1.82. The zero-order chi connectivity index (χ0) is 16.0. The average Bonchev–Trinajstić information content (AvgIpc) is 2.44. The highest BCUT2D eigenvalue weighted by Gasteiger charge is 2.22. The first-order chi connectivity index (χ1) is 9.87. The van der Waals surface area contributed by atoms with Crippen LogP contribution in [0.3, 0.4) is 0 Å². The Bertz CT molecular complexity index is 525. The van der Waals surface area contributed by atoms with Gasteiger partial charge < -0.3 is 14.4 Å². The van der Waals surface area contributed by atoms with Crippen molar-refractivity contribution in [2.75, 3.05) is 27.3 Å². The third-order valence-electron chi connectivity index (χ3n) is 2.49. The van der Waals surface area contributed by atoms with Crippen LogP contribution in [0.4, 0.5) is 0 Å². The number of hydrogen-bond donors (Lipinski definition) is 0. The molecular formula is C13H13BrClNO5. The van der Waals surface area contributed by atoms with Crippen LogP contribution in [0, 0.1) is 0 Å². The molecule has 1 aromatic carbocycles. The largest absolute Gasteiger partial charge is 0.468 e. The lowest BCUT2D eigenvalue weighted by Gasteiger charge is -2.20. The fourth-order valence-corrected chi connectivity index (χ4v) is 2.36. The van der Waals surface area contributed by atoms with E-state index in [1.807, 2.05) is 0 Å². The molecule has 0 aliphatic carbocycles. The fraction of sp³-hybridized carbons (Fsp3) is 0.308. The van der Waals surface area contributed by atoms with E-state index in [0.29, 0.717) is 9.50 Å². The molecule has 0 aromatic heterocycles. The Labute approximate surface area is 135 Å². The maximum absolute atomic E-state index is 12.4. The Kier molecular flexibility index (Phi) is 6.64. The van der Waals surface area contributed by atoms with Gasteiger partial charge in [0.2, 0.25) is 0 Å². The van der Waals surface area contributed by atoms with Crippen LogP contribution in [0.1, 0.15) is 10.4 Å². The lowest BCUT2D eigenvalue weighted by atomic mass is 10.2. The number of carbonyl (C=O) groups is 3. The second-order valence-corrected chi connectivity index (χ2v) is 5.32. The van der Waals surface area contributed by atoms with Crippen molar-refractivity contribution in [3.63, 3.8) is 0 Å². The zero-order valence-electron chi connectivity index (χ0n) is 11.4. The lowest BCUT2D eigenvalue weighted by molar-refractivity contribution is -0.144. The Balaban J connectivity index is 3.02. The first-order valence-corrected chi connectivity index (χ1v) is 6.93. The molecular weight excluding hydrogens is 366 g/mol. The summed E-state index contributed by atoms with van der Waals surface area (Å²) >= 11 is 9.10. The van der Waals surface area contributed by atoms with Crippen molar-refractivity contribution in [3.05, 3.63) is 33.3 Å². The van der Waals surface area contributed by atoms with Gasteiger partial charge in [0, 0.05) is 15.1 Å². The third-order valence-corrected chi connectivity index (χ3v) is 3.17. The van der Waals surface area contributed by atoms with Crippen molar-refractivity contribution in [1.82, 2.24) is 4.90 Å². The molecule has 0 saturated heterocycles. The van der Waals surface area contributed by atoms with Gasteiger partial charge in [-0.25, -0.2) is 0 Å². The molecule has 1 amide bonds. The molecule has 1 aromatic rings. The van der Waals surface area contributed by atoms with Crippen molar-refractivity contribution in [1.29, 1.82) is 0 Å². The molecule has 1 rings (SSSR count). The van der Waals surface area contributed by atoms with Crippen molar-refractivity contribution in [2.45, 2.75) is 0 Å². The summed E-state index contributed by atoms with van der Waals surface area (Å²) in [6, 6.07) is 4.59. The number of nitrogens with zero attached hydrogens (tertiary/aromatic N) is 1. The number of methoxy groups -OCH3 is 2. The first kappa shape index (κ1) is 17.5. The van der Waals surface area contributed by atoms with Gasteiger partial charge in [0.25, 0.3) is 5.91 Å². The molecule has 0 aliphatic rings. The van der Waals surface area contributed by atoms with Crippen LogP contribution in [0.2, 0.25) is 5.02 Å². The van der Waals surface area contributed by atoms with Gasteiger partial charge in [0.1, 0.15) is 13.1 Å². The van der Waals surface area contributed by atoms with Crippen molar-refractivity contribution in [2.24, 2.45) is 0 Å². The standard InChI is InChI=1S/C13H13BrClNO5/c1-20-11(17)6-16(7-12(18)21-2)13(19)8-3-9(14)5-10(15)4-8/h3-5H,6-7H2,1-2H3. The van der Waals surface area contributed by atoms with E-state index in [1.54, 1.807) is 6.07 Å². The number of ether oxygens (including phenoxy) is 2. The second-order valence-electron chi connectivity index (χ2n) is 3.97. The third kappa shape index (κ3) is 5.35. The van der Waals surface area contributed by atoms with Gasteiger partial charge in [-0.2, -0.15) is 0 Å². The summed E-state index contributed by atoms with van der Waals surface area (Å²) in [6.45, 7) is -0.733. The molecule has 0 unspecified atom stereocenters. The van der Waals surface area contributed by atoms with E-state index in [0.717, 1.165) is 4.90 Å². The molecule has 0 N–H and O–H groups in total. The minimum atomic E-state index is -0.645.